The molecule has 1 aromatic carbocycles. The van der Waals surface area contributed by atoms with Crippen LogP contribution in [0.1, 0.15) is 76.8 Å². The number of nitrogens with zero attached hydrogens (tertiary/aromatic N) is 3. The lowest BCUT2D eigenvalue weighted by molar-refractivity contribution is 0.241. The maximum absolute atomic E-state index is 12.7. The van der Waals surface area contributed by atoms with Crippen molar-refractivity contribution in [3.8, 4) is 5.75 Å². The summed E-state index contributed by atoms with van der Waals surface area (Å²) >= 11 is 0. The van der Waals surface area contributed by atoms with Crippen molar-refractivity contribution in [2.45, 2.75) is 83.9 Å². The molecule has 1 aliphatic heterocycles. The van der Waals surface area contributed by atoms with E-state index in [1.807, 2.05) is 27.6 Å². The van der Waals surface area contributed by atoms with Crippen LogP contribution in [0.4, 0.5) is 0 Å². The number of aryl methyl sites for hydroxylation is 1. The highest BCUT2D eigenvalue weighted by molar-refractivity contribution is 5.71. The quantitative estimate of drug-likeness (QED) is 0.486. The molecule has 0 amide bonds. The van der Waals surface area contributed by atoms with E-state index in [0.29, 0.717) is 6.04 Å². The molecule has 5 nitrogen and oxygen atoms in total. The molecule has 2 aliphatic rings. The molecule has 0 radical (unpaired) electrons. The first-order valence-corrected chi connectivity index (χ1v) is 12.6. The van der Waals surface area contributed by atoms with Gasteiger partial charge in [-0.1, -0.05) is 43.5 Å². The van der Waals surface area contributed by atoms with Crippen molar-refractivity contribution in [3.63, 3.8) is 0 Å². The summed E-state index contributed by atoms with van der Waals surface area (Å²) in [5.74, 6) is 0.993. The standard InChI is InChI=1S/C27H39N3O2/c1-22(2)32-26-13-7-6-12-25(26)23-14-18-28(19-15-23)16-8-9-17-29-20-21-30(27(29)31)24-10-4-3-5-11-24/h6-7,12-14,20-22,24H,3-5,8-11,15-19H2,1-2H3. The average Bonchev–Trinajstić information content (AvgIpc) is 3.18. The third-order valence-electron chi connectivity index (χ3n) is 6.85. The Kier molecular flexibility index (Phi) is 7.90. The third-order valence-corrected chi connectivity index (χ3v) is 6.85. The van der Waals surface area contributed by atoms with Crippen molar-refractivity contribution in [3.05, 3.63) is 58.8 Å². The minimum Gasteiger partial charge on any atom is -0.490 e. The monoisotopic (exact) mass is 437 g/mol. The average molecular weight is 438 g/mol. The summed E-state index contributed by atoms with van der Waals surface area (Å²) in [4.78, 5) is 15.2. The van der Waals surface area contributed by atoms with Gasteiger partial charge in [0, 0.05) is 43.6 Å². The van der Waals surface area contributed by atoms with Crippen molar-refractivity contribution in [1.29, 1.82) is 0 Å². The summed E-state index contributed by atoms with van der Waals surface area (Å²) in [7, 11) is 0. The molecule has 1 aliphatic carbocycles. The fourth-order valence-electron chi connectivity index (χ4n) is 5.10. The van der Waals surface area contributed by atoms with Crippen LogP contribution in [-0.4, -0.2) is 39.8 Å². The zero-order valence-electron chi connectivity index (χ0n) is 19.8. The first kappa shape index (κ1) is 22.9. The largest absolute Gasteiger partial charge is 0.490 e. The number of ether oxygens (including phenoxy) is 1. The molecule has 2 aromatic rings. The highest BCUT2D eigenvalue weighted by atomic mass is 16.5. The van der Waals surface area contributed by atoms with E-state index in [9.17, 15) is 4.79 Å². The van der Waals surface area contributed by atoms with Gasteiger partial charge in [-0.25, -0.2) is 4.79 Å². The first-order valence-electron chi connectivity index (χ1n) is 12.6. The number of benzene rings is 1. The highest BCUT2D eigenvalue weighted by Gasteiger charge is 2.18. The lowest BCUT2D eigenvalue weighted by atomic mass is 9.95. The zero-order chi connectivity index (χ0) is 22.3. The van der Waals surface area contributed by atoms with Gasteiger partial charge >= 0.3 is 5.69 Å². The smallest absolute Gasteiger partial charge is 0.328 e. The summed E-state index contributed by atoms with van der Waals surface area (Å²) in [5, 5.41) is 0. The molecular formula is C27H39N3O2. The lowest BCUT2D eigenvalue weighted by Gasteiger charge is -2.27. The van der Waals surface area contributed by atoms with Crippen LogP contribution >= 0.6 is 0 Å². The molecule has 4 rings (SSSR count). The molecule has 0 bridgehead atoms. The van der Waals surface area contributed by atoms with Crippen molar-refractivity contribution in [2.24, 2.45) is 0 Å². The van der Waals surface area contributed by atoms with Crippen molar-refractivity contribution >= 4 is 5.57 Å². The Morgan fingerprint density at radius 3 is 2.56 bits per heavy atom. The molecule has 0 N–H and O–H groups in total. The van der Waals surface area contributed by atoms with Crippen LogP contribution in [0.5, 0.6) is 5.75 Å². The summed E-state index contributed by atoms with van der Waals surface area (Å²) in [6.07, 6.45) is 15.9. The van der Waals surface area contributed by atoms with Crippen LogP contribution in [0, 0.1) is 0 Å². The van der Waals surface area contributed by atoms with Gasteiger partial charge in [0.25, 0.3) is 0 Å². The number of rotatable bonds is 9. The van der Waals surface area contributed by atoms with Gasteiger partial charge in [-0.15, -0.1) is 0 Å². The van der Waals surface area contributed by atoms with Crippen LogP contribution in [0.15, 0.2) is 47.5 Å². The summed E-state index contributed by atoms with van der Waals surface area (Å²) in [5.41, 5.74) is 2.82. The second kappa shape index (κ2) is 11.0. The highest BCUT2D eigenvalue weighted by Crippen LogP contribution is 2.31. The maximum Gasteiger partial charge on any atom is 0.328 e. The zero-order valence-corrected chi connectivity index (χ0v) is 19.8. The number of hydrogen-bond donors (Lipinski definition) is 0. The second-order valence-corrected chi connectivity index (χ2v) is 9.62. The van der Waals surface area contributed by atoms with Gasteiger partial charge in [0.15, 0.2) is 0 Å². The van der Waals surface area contributed by atoms with E-state index in [2.05, 4.69) is 43.0 Å². The number of para-hydroxylation sites is 1. The Balaban J connectivity index is 1.24. The number of hydrogen-bond acceptors (Lipinski definition) is 3. The Labute approximate surface area is 192 Å². The molecule has 5 heteroatoms. The topological polar surface area (TPSA) is 39.4 Å². The first-order chi connectivity index (χ1) is 15.6. The van der Waals surface area contributed by atoms with E-state index in [0.717, 1.165) is 64.0 Å². The van der Waals surface area contributed by atoms with Gasteiger partial charge in [0.2, 0.25) is 0 Å². The van der Waals surface area contributed by atoms with Gasteiger partial charge in [0.05, 0.1) is 6.10 Å². The molecule has 2 heterocycles. The van der Waals surface area contributed by atoms with E-state index in [4.69, 9.17) is 4.74 Å². The lowest BCUT2D eigenvalue weighted by Crippen LogP contribution is -2.30. The predicted molar refractivity (Wildman–Crippen MR) is 131 cm³/mol. The van der Waals surface area contributed by atoms with E-state index in [1.54, 1.807) is 0 Å². The number of aromatic nitrogens is 2. The normalized spacial score (nSPS) is 18.2. The molecule has 0 saturated heterocycles. The molecule has 0 unspecified atom stereocenters. The van der Waals surface area contributed by atoms with Gasteiger partial charge in [-0.3, -0.25) is 14.0 Å². The Morgan fingerprint density at radius 1 is 1.03 bits per heavy atom. The predicted octanol–water partition coefficient (Wildman–Crippen LogP) is 5.51. The second-order valence-electron chi connectivity index (χ2n) is 9.62. The van der Waals surface area contributed by atoms with Crippen molar-refractivity contribution in [2.75, 3.05) is 19.6 Å². The number of imidazole rings is 1. The summed E-state index contributed by atoms with van der Waals surface area (Å²) in [6, 6.07) is 8.82. The van der Waals surface area contributed by atoms with Crippen LogP contribution in [0.3, 0.4) is 0 Å². The molecule has 1 saturated carbocycles. The molecule has 0 spiro atoms. The van der Waals surface area contributed by atoms with Gasteiger partial charge in [-0.2, -0.15) is 0 Å². The van der Waals surface area contributed by atoms with Crippen LogP contribution in [0.25, 0.3) is 5.57 Å². The van der Waals surface area contributed by atoms with Crippen molar-refractivity contribution < 1.29 is 4.74 Å². The van der Waals surface area contributed by atoms with E-state index in [-0.39, 0.29) is 11.8 Å². The summed E-state index contributed by atoms with van der Waals surface area (Å²) < 4.78 is 9.91. The van der Waals surface area contributed by atoms with Gasteiger partial charge in [0.1, 0.15) is 5.75 Å². The molecule has 0 atom stereocenters. The molecule has 1 aromatic heterocycles. The Morgan fingerprint density at radius 2 is 1.81 bits per heavy atom. The van der Waals surface area contributed by atoms with Crippen LogP contribution in [0.2, 0.25) is 0 Å². The SMILES string of the molecule is CC(C)Oc1ccccc1C1=CCN(CCCCn2ccn(C3CCCCC3)c2=O)CC1. The number of unbranched alkanes of at least 4 members (excludes halogenated alkanes) is 1. The minimum absolute atomic E-state index is 0.184. The molecule has 32 heavy (non-hydrogen) atoms. The minimum atomic E-state index is 0.184. The van der Waals surface area contributed by atoms with E-state index < -0.39 is 0 Å². The summed E-state index contributed by atoms with van der Waals surface area (Å²) in [6.45, 7) is 8.14. The fourth-order valence-corrected chi connectivity index (χ4v) is 5.10. The molecular weight excluding hydrogens is 398 g/mol. The van der Waals surface area contributed by atoms with Crippen LogP contribution in [-0.2, 0) is 6.54 Å². The molecule has 174 valence electrons. The Bertz CT molecular complexity index is 950. The maximum atomic E-state index is 12.7. The molecule has 1 fully saturated rings. The Hall–Kier alpha value is -2.27. The van der Waals surface area contributed by atoms with Gasteiger partial charge < -0.3 is 4.74 Å². The van der Waals surface area contributed by atoms with Crippen LogP contribution < -0.4 is 10.4 Å². The third kappa shape index (κ3) is 5.74. The fraction of sp³-hybridized carbons (Fsp3) is 0.593. The van der Waals surface area contributed by atoms with Crippen molar-refractivity contribution in [1.82, 2.24) is 14.0 Å². The van der Waals surface area contributed by atoms with E-state index >= 15 is 0 Å². The van der Waals surface area contributed by atoms with Gasteiger partial charge in [-0.05, 0) is 64.1 Å². The van der Waals surface area contributed by atoms with E-state index in [1.165, 1.54) is 30.4 Å².